The second kappa shape index (κ2) is 4.82. The largest absolute Gasteiger partial charge is 0.252 e. The second-order valence-electron chi connectivity index (χ2n) is 5.22. The lowest BCUT2D eigenvalue weighted by atomic mass is 10.1. The molecule has 0 aliphatic heterocycles. The molecule has 17 heavy (non-hydrogen) atoms. The van der Waals surface area contributed by atoms with Crippen LogP contribution in [-0.2, 0) is 6.54 Å². The predicted octanol–water partition coefficient (Wildman–Crippen LogP) is 2.63. The number of rotatable bonds is 3. The molecule has 90 valence electrons. The summed E-state index contributed by atoms with van der Waals surface area (Å²) in [7, 11) is 0. The monoisotopic (exact) mass is 229 g/mol. The zero-order chi connectivity index (χ0) is 12.3. The smallest absolute Gasteiger partial charge is 0.0705 e. The Morgan fingerprint density at radius 1 is 1.06 bits per heavy atom. The Bertz CT molecular complexity index is 500. The third-order valence-electron chi connectivity index (χ3n) is 2.39. The molecule has 3 nitrogen and oxygen atoms in total. The average molecular weight is 229 g/mol. The predicted molar refractivity (Wildman–Crippen MR) is 71.5 cm³/mol. The molecule has 0 bridgehead atoms. The van der Waals surface area contributed by atoms with Gasteiger partial charge in [-0.05, 0) is 32.9 Å². The molecule has 1 aromatic heterocycles. The van der Waals surface area contributed by atoms with Gasteiger partial charge in [-0.25, -0.2) is 0 Å². The van der Waals surface area contributed by atoms with E-state index in [2.05, 4.69) is 54.8 Å². The van der Waals surface area contributed by atoms with Crippen molar-refractivity contribution in [3.05, 3.63) is 42.1 Å². The number of aromatic nitrogens is 1. The minimum Gasteiger partial charge on any atom is -0.252 e. The number of nitrogens with one attached hydrogen (secondary N) is 2. The van der Waals surface area contributed by atoms with Crippen LogP contribution >= 0.6 is 0 Å². The Morgan fingerprint density at radius 2 is 1.82 bits per heavy atom. The van der Waals surface area contributed by atoms with Crippen molar-refractivity contribution >= 4 is 10.9 Å². The van der Waals surface area contributed by atoms with Gasteiger partial charge in [0.15, 0.2) is 0 Å². The maximum Gasteiger partial charge on any atom is 0.0705 e. The molecule has 1 heterocycles. The van der Waals surface area contributed by atoms with Gasteiger partial charge in [0, 0.05) is 10.9 Å². The SMILES string of the molecule is CC(C)(C)NNCc1ccc2ccccc2n1. The minimum atomic E-state index is 0.0663. The Balaban J connectivity index is 2.04. The van der Waals surface area contributed by atoms with Crippen LogP contribution in [0, 0.1) is 0 Å². The molecule has 1 aromatic carbocycles. The summed E-state index contributed by atoms with van der Waals surface area (Å²) in [6, 6.07) is 12.3. The first-order valence-corrected chi connectivity index (χ1v) is 5.89. The number of hydrazine groups is 1. The van der Waals surface area contributed by atoms with Crippen molar-refractivity contribution < 1.29 is 0 Å². The summed E-state index contributed by atoms with van der Waals surface area (Å²) < 4.78 is 0. The van der Waals surface area contributed by atoms with Crippen molar-refractivity contribution in [2.24, 2.45) is 0 Å². The molecule has 0 unspecified atom stereocenters. The van der Waals surface area contributed by atoms with Crippen LogP contribution in [0.2, 0.25) is 0 Å². The molecule has 0 aliphatic rings. The first kappa shape index (κ1) is 12.0. The Kier molecular flexibility index (Phi) is 3.41. The van der Waals surface area contributed by atoms with Crippen LogP contribution in [0.15, 0.2) is 36.4 Å². The molecule has 2 aromatic rings. The standard InChI is InChI=1S/C14H19N3/c1-14(2,3)17-15-10-12-9-8-11-6-4-5-7-13(11)16-12/h4-9,15,17H,10H2,1-3H3. The highest BCUT2D eigenvalue weighted by Gasteiger charge is 2.07. The molecule has 0 saturated carbocycles. The Hall–Kier alpha value is -1.45. The summed E-state index contributed by atoms with van der Waals surface area (Å²) in [5, 5.41) is 1.18. The third-order valence-corrected chi connectivity index (χ3v) is 2.39. The summed E-state index contributed by atoms with van der Waals surface area (Å²) in [5.74, 6) is 0. The van der Waals surface area contributed by atoms with E-state index in [-0.39, 0.29) is 5.54 Å². The van der Waals surface area contributed by atoms with Gasteiger partial charge < -0.3 is 0 Å². The van der Waals surface area contributed by atoms with Crippen molar-refractivity contribution in [2.45, 2.75) is 32.9 Å². The number of fused-ring (bicyclic) bond motifs is 1. The quantitative estimate of drug-likeness (QED) is 0.794. The fraction of sp³-hybridized carbons (Fsp3) is 0.357. The normalized spacial score (nSPS) is 11.9. The van der Waals surface area contributed by atoms with Gasteiger partial charge in [-0.2, -0.15) is 0 Å². The number of nitrogens with zero attached hydrogens (tertiary/aromatic N) is 1. The lowest BCUT2D eigenvalue weighted by molar-refractivity contribution is 0.354. The van der Waals surface area contributed by atoms with E-state index >= 15 is 0 Å². The van der Waals surface area contributed by atoms with Crippen molar-refractivity contribution in [3.63, 3.8) is 0 Å². The van der Waals surface area contributed by atoms with Gasteiger partial charge in [-0.15, -0.1) is 0 Å². The fourth-order valence-electron chi connectivity index (χ4n) is 1.61. The molecule has 0 fully saturated rings. The van der Waals surface area contributed by atoms with Crippen LogP contribution in [0.3, 0.4) is 0 Å². The van der Waals surface area contributed by atoms with Gasteiger partial charge in [0.25, 0.3) is 0 Å². The average Bonchev–Trinajstić information content (AvgIpc) is 2.27. The molecular formula is C14H19N3. The summed E-state index contributed by atoms with van der Waals surface area (Å²) in [6.07, 6.45) is 0. The van der Waals surface area contributed by atoms with Crippen molar-refractivity contribution in [2.75, 3.05) is 0 Å². The number of benzene rings is 1. The summed E-state index contributed by atoms with van der Waals surface area (Å²) in [6.45, 7) is 7.08. The van der Waals surface area contributed by atoms with E-state index in [1.54, 1.807) is 0 Å². The molecule has 2 N–H and O–H groups in total. The van der Waals surface area contributed by atoms with Crippen LogP contribution in [0.4, 0.5) is 0 Å². The van der Waals surface area contributed by atoms with E-state index in [4.69, 9.17) is 0 Å². The van der Waals surface area contributed by atoms with Gasteiger partial charge >= 0.3 is 0 Å². The molecular weight excluding hydrogens is 210 g/mol. The second-order valence-corrected chi connectivity index (χ2v) is 5.22. The zero-order valence-electron chi connectivity index (χ0n) is 10.6. The lowest BCUT2D eigenvalue weighted by Gasteiger charge is -2.21. The van der Waals surface area contributed by atoms with Crippen LogP contribution in [0.1, 0.15) is 26.5 Å². The van der Waals surface area contributed by atoms with E-state index in [0.29, 0.717) is 0 Å². The highest BCUT2D eigenvalue weighted by atomic mass is 15.4. The van der Waals surface area contributed by atoms with Crippen LogP contribution in [0.25, 0.3) is 10.9 Å². The topological polar surface area (TPSA) is 37.0 Å². The van der Waals surface area contributed by atoms with Gasteiger partial charge in [-0.3, -0.25) is 15.8 Å². The minimum absolute atomic E-state index is 0.0663. The Labute approximate surface area is 102 Å². The summed E-state index contributed by atoms with van der Waals surface area (Å²) >= 11 is 0. The molecule has 0 radical (unpaired) electrons. The van der Waals surface area contributed by atoms with Crippen molar-refractivity contribution in [3.8, 4) is 0 Å². The highest BCUT2D eigenvalue weighted by molar-refractivity contribution is 5.78. The van der Waals surface area contributed by atoms with Crippen LogP contribution in [0.5, 0.6) is 0 Å². The van der Waals surface area contributed by atoms with E-state index in [9.17, 15) is 0 Å². The van der Waals surface area contributed by atoms with E-state index < -0.39 is 0 Å². The van der Waals surface area contributed by atoms with Crippen LogP contribution in [-0.4, -0.2) is 10.5 Å². The van der Waals surface area contributed by atoms with E-state index in [1.807, 2.05) is 18.2 Å². The van der Waals surface area contributed by atoms with Crippen molar-refractivity contribution in [1.29, 1.82) is 0 Å². The maximum absolute atomic E-state index is 4.59. The van der Waals surface area contributed by atoms with Crippen LogP contribution < -0.4 is 10.9 Å². The lowest BCUT2D eigenvalue weighted by Crippen LogP contribution is -2.45. The van der Waals surface area contributed by atoms with Crippen molar-refractivity contribution in [1.82, 2.24) is 15.8 Å². The molecule has 2 rings (SSSR count). The van der Waals surface area contributed by atoms with Gasteiger partial charge in [0.2, 0.25) is 0 Å². The summed E-state index contributed by atoms with van der Waals surface area (Å²) in [5.41, 5.74) is 8.57. The first-order chi connectivity index (χ1) is 8.04. The van der Waals surface area contributed by atoms with Gasteiger partial charge in [-0.1, -0.05) is 24.3 Å². The van der Waals surface area contributed by atoms with Gasteiger partial charge in [0.05, 0.1) is 17.8 Å². The fourth-order valence-corrected chi connectivity index (χ4v) is 1.61. The zero-order valence-corrected chi connectivity index (χ0v) is 10.6. The molecule has 0 spiro atoms. The first-order valence-electron chi connectivity index (χ1n) is 5.89. The number of pyridine rings is 1. The van der Waals surface area contributed by atoms with Gasteiger partial charge in [0.1, 0.15) is 0 Å². The number of hydrogen-bond acceptors (Lipinski definition) is 3. The third kappa shape index (κ3) is 3.51. The number of hydrogen-bond donors (Lipinski definition) is 2. The molecule has 0 aliphatic carbocycles. The molecule has 0 saturated heterocycles. The number of para-hydroxylation sites is 1. The maximum atomic E-state index is 4.59. The molecule has 3 heteroatoms. The van der Waals surface area contributed by atoms with E-state index in [1.165, 1.54) is 5.39 Å². The Morgan fingerprint density at radius 3 is 2.59 bits per heavy atom. The summed E-state index contributed by atoms with van der Waals surface area (Å²) in [4.78, 5) is 4.59. The van der Waals surface area contributed by atoms with E-state index in [0.717, 1.165) is 17.8 Å². The highest BCUT2D eigenvalue weighted by Crippen LogP contribution is 2.11. The molecule has 0 atom stereocenters. The molecule has 0 amide bonds.